The van der Waals surface area contributed by atoms with E-state index in [1.54, 1.807) is 25.2 Å². The molecule has 23 heavy (non-hydrogen) atoms. The predicted octanol–water partition coefficient (Wildman–Crippen LogP) is 3.25. The maximum Gasteiger partial charge on any atom is 0.233 e. The normalized spacial score (nSPS) is 10.6. The molecule has 0 aliphatic rings. The van der Waals surface area contributed by atoms with Gasteiger partial charge in [-0.2, -0.15) is 0 Å². The summed E-state index contributed by atoms with van der Waals surface area (Å²) in [6, 6.07) is 6.48. The van der Waals surface area contributed by atoms with Gasteiger partial charge in [-0.3, -0.25) is 4.79 Å². The lowest BCUT2D eigenvalue weighted by atomic mass is 10.2. The number of nitrogens with one attached hydrogen (secondary N) is 1. The van der Waals surface area contributed by atoms with Crippen LogP contribution < -0.4 is 5.32 Å². The van der Waals surface area contributed by atoms with Crippen LogP contribution in [-0.2, 0) is 11.3 Å². The molecule has 0 atom stereocenters. The van der Waals surface area contributed by atoms with Crippen LogP contribution in [0, 0.1) is 5.82 Å². The van der Waals surface area contributed by atoms with Gasteiger partial charge in [0.05, 0.1) is 5.75 Å². The monoisotopic (exact) mass is 354 g/mol. The molecule has 0 radical (unpaired) electrons. The summed E-state index contributed by atoms with van der Waals surface area (Å²) in [6.45, 7) is 3.18. The van der Waals surface area contributed by atoms with E-state index in [0.29, 0.717) is 5.56 Å². The standard InChI is InChI=1S/C15H19FN4OS2/c1-3-8-17-14-18-19-15(23-14)22-10-13(21)20(2)9-11-6-4-5-7-12(11)16/h4-7H,3,8-10H2,1-2H3,(H,17,18). The SMILES string of the molecule is CCCNc1nnc(SCC(=O)N(C)Cc2ccccc2F)s1. The summed E-state index contributed by atoms with van der Waals surface area (Å²) in [7, 11) is 1.67. The van der Waals surface area contributed by atoms with Crippen molar-refractivity contribution >= 4 is 34.1 Å². The lowest BCUT2D eigenvalue weighted by Crippen LogP contribution is -2.28. The second-order valence-electron chi connectivity index (χ2n) is 4.93. The summed E-state index contributed by atoms with van der Waals surface area (Å²) in [5.74, 6) is -0.111. The molecule has 1 aromatic carbocycles. The number of aromatic nitrogens is 2. The van der Waals surface area contributed by atoms with Crippen LogP contribution in [0.1, 0.15) is 18.9 Å². The zero-order valence-electron chi connectivity index (χ0n) is 13.1. The van der Waals surface area contributed by atoms with Gasteiger partial charge < -0.3 is 10.2 Å². The van der Waals surface area contributed by atoms with Crippen molar-refractivity contribution < 1.29 is 9.18 Å². The fourth-order valence-electron chi connectivity index (χ4n) is 1.78. The molecule has 0 fully saturated rings. The number of rotatable bonds is 8. The molecule has 8 heteroatoms. The Hall–Kier alpha value is -1.67. The molecule has 0 saturated carbocycles. The number of nitrogens with zero attached hydrogens (tertiary/aromatic N) is 3. The zero-order chi connectivity index (χ0) is 16.7. The summed E-state index contributed by atoms with van der Waals surface area (Å²) in [5.41, 5.74) is 0.510. The number of benzene rings is 1. The fraction of sp³-hybridized carbons (Fsp3) is 0.400. The van der Waals surface area contributed by atoms with Crippen molar-refractivity contribution in [3.8, 4) is 0 Å². The quantitative estimate of drug-likeness (QED) is 0.738. The molecule has 1 amide bonds. The van der Waals surface area contributed by atoms with Crippen molar-refractivity contribution in [3.05, 3.63) is 35.6 Å². The van der Waals surface area contributed by atoms with Crippen molar-refractivity contribution in [2.45, 2.75) is 24.2 Å². The Morgan fingerprint density at radius 3 is 2.91 bits per heavy atom. The van der Waals surface area contributed by atoms with Crippen molar-refractivity contribution in [2.24, 2.45) is 0 Å². The second-order valence-corrected chi connectivity index (χ2v) is 7.13. The smallest absolute Gasteiger partial charge is 0.233 e. The van der Waals surface area contributed by atoms with Crippen LogP contribution in [-0.4, -0.2) is 40.3 Å². The van der Waals surface area contributed by atoms with Crippen molar-refractivity contribution in [1.82, 2.24) is 15.1 Å². The van der Waals surface area contributed by atoms with Crippen LogP contribution in [0.2, 0.25) is 0 Å². The molecular weight excluding hydrogens is 335 g/mol. The van der Waals surface area contributed by atoms with E-state index < -0.39 is 0 Å². The molecule has 0 aliphatic heterocycles. The Morgan fingerprint density at radius 2 is 2.17 bits per heavy atom. The molecule has 2 aromatic rings. The minimum atomic E-state index is -0.296. The molecular formula is C15H19FN4OS2. The number of anilines is 1. The van der Waals surface area contributed by atoms with E-state index in [0.717, 1.165) is 22.4 Å². The predicted molar refractivity (Wildman–Crippen MR) is 92.3 cm³/mol. The first-order chi connectivity index (χ1) is 11.1. The van der Waals surface area contributed by atoms with E-state index in [-0.39, 0.29) is 24.0 Å². The van der Waals surface area contributed by atoms with Gasteiger partial charge >= 0.3 is 0 Å². The fourth-order valence-corrected chi connectivity index (χ4v) is 3.49. The van der Waals surface area contributed by atoms with Gasteiger partial charge in [-0.1, -0.05) is 48.2 Å². The largest absolute Gasteiger partial charge is 0.360 e. The molecule has 0 spiro atoms. The topological polar surface area (TPSA) is 58.1 Å². The number of carbonyl (C=O) groups is 1. The highest BCUT2D eigenvalue weighted by atomic mass is 32.2. The van der Waals surface area contributed by atoms with Gasteiger partial charge in [-0.25, -0.2) is 4.39 Å². The molecule has 0 aliphatic carbocycles. The number of thioether (sulfide) groups is 1. The highest BCUT2D eigenvalue weighted by molar-refractivity contribution is 8.01. The van der Waals surface area contributed by atoms with E-state index >= 15 is 0 Å². The Balaban J connectivity index is 1.82. The van der Waals surface area contributed by atoms with Crippen molar-refractivity contribution in [1.29, 1.82) is 0 Å². The number of carbonyl (C=O) groups excluding carboxylic acids is 1. The maximum absolute atomic E-state index is 13.6. The number of hydrogen-bond acceptors (Lipinski definition) is 6. The first-order valence-corrected chi connectivity index (χ1v) is 9.08. The summed E-state index contributed by atoms with van der Waals surface area (Å²) >= 11 is 2.78. The third kappa shape index (κ3) is 5.47. The minimum Gasteiger partial charge on any atom is -0.360 e. The van der Waals surface area contributed by atoms with Gasteiger partial charge in [0.25, 0.3) is 0 Å². The molecule has 0 bridgehead atoms. The van der Waals surface area contributed by atoms with Crippen LogP contribution >= 0.6 is 23.1 Å². The number of halogens is 1. The minimum absolute atomic E-state index is 0.0727. The molecule has 1 heterocycles. The highest BCUT2D eigenvalue weighted by Crippen LogP contribution is 2.25. The van der Waals surface area contributed by atoms with Gasteiger partial charge in [0, 0.05) is 25.7 Å². The highest BCUT2D eigenvalue weighted by Gasteiger charge is 2.13. The number of amides is 1. The van der Waals surface area contributed by atoms with Gasteiger partial charge in [-0.05, 0) is 12.5 Å². The lowest BCUT2D eigenvalue weighted by molar-refractivity contribution is -0.127. The molecule has 1 N–H and O–H groups in total. The molecule has 1 aromatic heterocycles. The summed E-state index contributed by atoms with van der Waals surface area (Å²) in [5, 5.41) is 12.0. The Morgan fingerprint density at radius 1 is 1.39 bits per heavy atom. The second kappa shape index (κ2) is 8.83. The van der Waals surface area contributed by atoms with Crippen LogP contribution in [0.15, 0.2) is 28.6 Å². The van der Waals surface area contributed by atoms with E-state index in [4.69, 9.17) is 0 Å². The lowest BCUT2D eigenvalue weighted by Gasteiger charge is -2.17. The van der Waals surface area contributed by atoms with Crippen molar-refractivity contribution in [2.75, 3.05) is 24.7 Å². The van der Waals surface area contributed by atoms with E-state index in [2.05, 4.69) is 22.4 Å². The summed E-state index contributed by atoms with van der Waals surface area (Å²) in [4.78, 5) is 13.7. The van der Waals surface area contributed by atoms with E-state index in [1.807, 2.05) is 0 Å². The zero-order valence-corrected chi connectivity index (χ0v) is 14.7. The average Bonchev–Trinajstić information content (AvgIpc) is 3.00. The van der Waals surface area contributed by atoms with Gasteiger partial charge in [0.1, 0.15) is 5.82 Å². The number of hydrogen-bond donors (Lipinski definition) is 1. The first-order valence-electron chi connectivity index (χ1n) is 7.27. The summed E-state index contributed by atoms with van der Waals surface area (Å²) in [6.07, 6.45) is 1.02. The third-order valence-electron chi connectivity index (χ3n) is 3.04. The van der Waals surface area contributed by atoms with Gasteiger partial charge in [0.15, 0.2) is 4.34 Å². The van der Waals surface area contributed by atoms with Crippen LogP contribution in [0.5, 0.6) is 0 Å². The van der Waals surface area contributed by atoms with Crippen molar-refractivity contribution in [3.63, 3.8) is 0 Å². The summed E-state index contributed by atoms with van der Waals surface area (Å²) < 4.78 is 14.3. The Kier molecular flexibility index (Phi) is 6.79. The first kappa shape index (κ1) is 17.7. The van der Waals surface area contributed by atoms with Gasteiger partial charge in [-0.15, -0.1) is 10.2 Å². The van der Waals surface area contributed by atoms with Gasteiger partial charge in [0.2, 0.25) is 11.0 Å². The average molecular weight is 354 g/mol. The van der Waals surface area contributed by atoms with Crippen LogP contribution in [0.3, 0.4) is 0 Å². The Labute approximate surface area is 143 Å². The van der Waals surface area contributed by atoms with Crippen LogP contribution in [0.4, 0.5) is 9.52 Å². The molecule has 0 unspecified atom stereocenters. The molecule has 5 nitrogen and oxygen atoms in total. The molecule has 2 rings (SSSR count). The molecule has 124 valence electrons. The third-order valence-corrected chi connectivity index (χ3v) is 5.04. The Bertz CT molecular complexity index is 650. The maximum atomic E-state index is 13.6. The van der Waals surface area contributed by atoms with Crippen LogP contribution in [0.25, 0.3) is 0 Å². The van der Waals surface area contributed by atoms with E-state index in [9.17, 15) is 9.18 Å². The molecule has 0 saturated heterocycles. The van der Waals surface area contributed by atoms with E-state index in [1.165, 1.54) is 34.1 Å².